The van der Waals surface area contributed by atoms with E-state index in [0.29, 0.717) is 26.4 Å². The Morgan fingerprint density at radius 2 is 2.05 bits per heavy atom. The highest BCUT2D eigenvalue weighted by molar-refractivity contribution is 9.10. The van der Waals surface area contributed by atoms with Crippen molar-refractivity contribution in [3.8, 4) is 5.75 Å². The maximum atomic E-state index is 13.7. The topological polar surface area (TPSA) is 26.3 Å². The third kappa shape index (κ3) is 3.38. The van der Waals surface area contributed by atoms with Gasteiger partial charge >= 0.3 is 0 Å². The summed E-state index contributed by atoms with van der Waals surface area (Å²) in [6.07, 6.45) is -0.0330. The molecule has 0 aliphatic carbocycles. The lowest BCUT2D eigenvalue weighted by atomic mass is 10.0. The van der Waals surface area contributed by atoms with Crippen molar-refractivity contribution >= 4 is 33.3 Å². The van der Waals surface area contributed by atoms with Gasteiger partial charge in [-0.1, -0.05) is 33.6 Å². The molecule has 0 spiro atoms. The first-order chi connectivity index (χ1) is 9.51. The van der Waals surface area contributed by atoms with Crippen LogP contribution in [-0.4, -0.2) is 12.9 Å². The molecule has 5 heteroatoms. The second-order valence-electron chi connectivity index (χ2n) is 4.18. The Hall–Kier alpha value is -1.39. The molecule has 104 valence electrons. The van der Waals surface area contributed by atoms with Crippen LogP contribution in [0.3, 0.4) is 0 Å². The van der Waals surface area contributed by atoms with Gasteiger partial charge in [-0.05, 0) is 35.9 Å². The molecule has 0 N–H and O–H groups in total. The number of rotatable bonds is 4. The molecule has 0 radical (unpaired) electrons. The van der Waals surface area contributed by atoms with E-state index in [9.17, 15) is 9.18 Å². The van der Waals surface area contributed by atoms with Crippen LogP contribution in [0.1, 0.15) is 15.9 Å². The van der Waals surface area contributed by atoms with Crippen LogP contribution in [0.5, 0.6) is 5.75 Å². The van der Waals surface area contributed by atoms with Crippen molar-refractivity contribution in [2.75, 3.05) is 7.11 Å². The average Bonchev–Trinajstić information content (AvgIpc) is 2.42. The number of hydrogen-bond donors (Lipinski definition) is 0. The third-order valence-electron chi connectivity index (χ3n) is 2.84. The molecule has 0 unspecified atom stereocenters. The van der Waals surface area contributed by atoms with Crippen molar-refractivity contribution in [1.82, 2.24) is 0 Å². The van der Waals surface area contributed by atoms with Gasteiger partial charge < -0.3 is 4.74 Å². The van der Waals surface area contributed by atoms with Crippen molar-refractivity contribution in [2.45, 2.75) is 6.42 Å². The molecule has 0 amide bonds. The highest BCUT2D eigenvalue weighted by Gasteiger charge is 2.14. The van der Waals surface area contributed by atoms with E-state index in [2.05, 4.69) is 15.9 Å². The molecule has 20 heavy (non-hydrogen) atoms. The Kier molecular flexibility index (Phi) is 4.78. The van der Waals surface area contributed by atoms with E-state index in [4.69, 9.17) is 16.3 Å². The van der Waals surface area contributed by atoms with Crippen LogP contribution >= 0.6 is 27.5 Å². The summed E-state index contributed by atoms with van der Waals surface area (Å²) in [7, 11) is 1.52. The Morgan fingerprint density at radius 1 is 1.30 bits per heavy atom. The fourth-order valence-corrected chi connectivity index (χ4v) is 2.40. The van der Waals surface area contributed by atoms with Crippen molar-refractivity contribution < 1.29 is 13.9 Å². The third-order valence-corrected chi connectivity index (χ3v) is 3.77. The first kappa shape index (κ1) is 15.0. The molecule has 2 nitrogen and oxygen atoms in total. The minimum Gasteiger partial charge on any atom is -0.497 e. The maximum absolute atomic E-state index is 13.7. The second kappa shape index (κ2) is 6.37. The number of halogens is 3. The van der Waals surface area contributed by atoms with Crippen LogP contribution in [0.4, 0.5) is 4.39 Å². The van der Waals surface area contributed by atoms with Gasteiger partial charge in [0.2, 0.25) is 0 Å². The number of Topliss-reactive ketones (excluding diaryl/α,β-unsaturated/α-hetero) is 1. The highest BCUT2D eigenvalue weighted by Crippen LogP contribution is 2.24. The fraction of sp³-hybridized carbons (Fsp3) is 0.133. The first-order valence-electron chi connectivity index (χ1n) is 5.82. The van der Waals surface area contributed by atoms with Crippen LogP contribution in [0.25, 0.3) is 0 Å². The zero-order chi connectivity index (χ0) is 14.7. The van der Waals surface area contributed by atoms with E-state index in [-0.39, 0.29) is 12.2 Å². The summed E-state index contributed by atoms with van der Waals surface area (Å²) in [6.45, 7) is 0. The summed E-state index contributed by atoms with van der Waals surface area (Å²) in [5, 5.41) is 0.307. The quantitative estimate of drug-likeness (QED) is 0.743. The lowest BCUT2D eigenvalue weighted by molar-refractivity contribution is 0.0990. The molecular weight excluding hydrogens is 347 g/mol. The van der Waals surface area contributed by atoms with Gasteiger partial charge in [-0.2, -0.15) is 0 Å². The average molecular weight is 358 g/mol. The van der Waals surface area contributed by atoms with Crippen molar-refractivity contribution in [3.05, 3.63) is 62.8 Å². The number of benzene rings is 2. The zero-order valence-corrected chi connectivity index (χ0v) is 13.0. The van der Waals surface area contributed by atoms with E-state index in [1.807, 2.05) is 0 Å². The fourth-order valence-electron chi connectivity index (χ4n) is 1.78. The molecule has 0 heterocycles. The van der Waals surface area contributed by atoms with Gasteiger partial charge in [-0.15, -0.1) is 0 Å². The summed E-state index contributed by atoms with van der Waals surface area (Å²) in [5.41, 5.74) is 0.771. The number of hydrogen-bond acceptors (Lipinski definition) is 2. The molecule has 2 aromatic carbocycles. The number of ether oxygens (including phenoxy) is 1. The monoisotopic (exact) mass is 356 g/mol. The molecule has 0 saturated heterocycles. The molecule has 0 bridgehead atoms. The van der Waals surface area contributed by atoms with Crippen LogP contribution < -0.4 is 4.74 Å². The van der Waals surface area contributed by atoms with Gasteiger partial charge in [0.25, 0.3) is 0 Å². The van der Waals surface area contributed by atoms with Gasteiger partial charge in [-0.3, -0.25) is 4.79 Å². The SMILES string of the molecule is COc1ccc(Br)c(C(=O)Cc2ccc(Cl)cc2F)c1. The summed E-state index contributed by atoms with van der Waals surface area (Å²) >= 11 is 9.00. The molecular formula is C15H11BrClFO2. The maximum Gasteiger partial charge on any atom is 0.168 e. The zero-order valence-electron chi connectivity index (χ0n) is 10.6. The van der Waals surface area contributed by atoms with Crippen molar-refractivity contribution in [3.63, 3.8) is 0 Å². The minimum atomic E-state index is -0.482. The largest absolute Gasteiger partial charge is 0.497 e. The predicted molar refractivity (Wildman–Crippen MR) is 80.1 cm³/mol. The number of carbonyl (C=O) groups is 1. The van der Waals surface area contributed by atoms with E-state index in [1.165, 1.54) is 19.2 Å². The van der Waals surface area contributed by atoms with Crippen molar-refractivity contribution in [1.29, 1.82) is 0 Å². The molecule has 0 atom stereocenters. The molecule has 0 fully saturated rings. The lowest BCUT2D eigenvalue weighted by Gasteiger charge is -2.07. The number of methoxy groups -OCH3 is 1. The van der Waals surface area contributed by atoms with Crippen LogP contribution in [-0.2, 0) is 6.42 Å². The standard InChI is InChI=1S/C15H11BrClFO2/c1-20-11-4-5-13(16)12(8-11)15(19)6-9-2-3-10(17)7-14(9)18/h2-5,7-8H,6H2,1H3. The Bertz CT molecular complexity index is 658. The van der Waals surface area contributed by atoms with E-state index < -0.39 is 5.82 Å². The van der Waals surface area contributed by atoms with Gasteiger partial charge in [0.1, 0.15) is 11.6 Å². The number of carbonyl (C=O) groups excluding carboxylic acids is 1. The summed E-state index contributed by atoms with van der Waals surface area (Å²) < 4.78 is 19.4. The second-order valence-corrected chi connectivity index (χ2v) is 5.47. The molecule has 0 aliphatic heterocycles. The van der Waals surface area contributed by atoms with Gasteiger partial charge in [-0.25, -0.2) is 4.39 Å². The normalized spacial score (nSPS) is 10.4. The lowest BCUT2D eigenvalue weighted by Crippen LogP contribution is -2.06. The molecule has 2 rings (SSSR count). The number of ketones is 1. The van der Waals surface area contributed by atoms with Crippen molar-refractivity contribution in [2.24, 2.45) is 0 Å². The Morgan fingerprint density at radius 3 is 2.70 bits per heavy atom. The van der Waals surface area contributed by atoms with E-state index in [1.54, 1.807) is 24.3 Å². The Labute approximate surface area is 129 Å². The predicted octanol–water partition coefficient (Wildman–Crippen LogP) is 4.68. The van der Waals surface area contributed by atoms with Gasteiger partial charge in [0.05, 0.1) is 7.11 Å². The molecule has 2 aromatic rings. The summed E-state index contributed by atoms with van der Waals surface area (Å²) in [6, 6.07) is 9.37. The Balaban J connectivity index is 2.28. The van der Waals surface area contributed by atoms with Crippen LogP contribution in [0.2, 0.25) is 5.02 Å². The smallest absolute Gasteiger partial charge is 0.168 e. The van der Waals surface area contributed by atoms with E-state index in [0.717, 1.165) is 0 Å². The minimum absolute atomic E-state index is 0.0330. The first-order valence-corrected chi connectivity index (χ1v) is 6.99. The summed E-state index contributed by atoms with van der Waals surface area (Å²) in [5.74, 6) is -0.102. The highest BCUT2D eigenvalue weighted by atomic mass is 79.9. The van der Waals surface area contributed by atoms with Crippen LogP contribution in [0.15, 0.2) is 40.9 Å². The molecule has 0 aromatic heterocycles. The summed E-state index contributed by atoms with van der Waals surface area (Å²) in [4.78, 5) is 12.3. The van der Waals surface area contributed by atoms with Crippen LogP contribution in [0, 0.1) is 5.82 Å². The molecule has 0 aliphatic rings. The van der Waals surface area contributed by atoms with Gasteiger partial charge in [0.15, 0.2) is 5.78 Å². The van der Waals surface area contributed by atoms with E-state index >= 15 is 0 Å². The molecule has 0 saturated carbocycles. The van der Waals surface area contributed by atoms with Gasteiger partial charge in [0, 0.05) is 21.5 Å².